The molecule has 1 rings (SSSR count). The largest absolute Gasteiger partial charge is 0.463 e. The van der Waals surface area contributed by atoms with Gasteiger partial charge in [0.25, 0.3) is 0 Å². The predicted octanol–water partition coefficient (Wildman–Crippen LogP) is 1.11. The number of esters is 1. The van der Waals surface area contributed by atoms with Gasteiger partial charge >= 0.3 is 5.97 Å². The van der Waals surface area contributed by atoms with Crippen molar-refractivity contribution in [2.45, 2.75) is 40.0 Å². The molecule has 1 aliphatic rings. The molecule has 0 spiro atoms. The van der Waals surface area contributed by atoms with Gasteiger partial charge in [0.2, 0.25) is 11.8 Å². The lowest BCUT2D eigenvalue weighted by atomic mass is 9.91. The summed E-state index contributed by atoms with van der Waals surface area (Å²) < 4.78 is 5.07. The highest BCUT2D eigenvalue weighted by Gasteiger charge is 2.30. The minimum Gasteiger partial charge on any atom is -0.463 e. The number of amides is 2. The Hall–Kier alpha value is -1.39. The van der Waals surface area contributed by atoms with Crippen molar-refractivity contribution in [3.05, 3.63) is 0 Å². The maximum atomic E-state index is 11.6. The Labute approximate surface area is 101 Å². The van der Waals surface area contributed by atoms with Gasteiger partial charge in [-0.3, -0.25) is 19.3 Å². The Morgan fingerprint density at radius 3 is 2.29 bits per heavy atom. The van der Waals surface area contributed by atoms with E-state index in [4.69, 9.17) is 4.74 Å². The van der Waals surface area contributed by atoms with Gasteiger partial charge in [-0.1, -0.05) is 6.92 Å². The lowest BCUT2D eigenvalue weighted by Gasteiger charge is -2.21. The standard InChI is InChI=1S/C12H19NO4/c1-4-12(2,3)11(16)17-8-7-13-9(14)5-6-10(13)15/h4-8H2,1-3H3. The summed E-state index contributed by atoms with van der Waals surface area (Å²) in [6.45, 7) is 5.78. The van der Waals surface area contributed by atoms with E-state index >= 15 is 0 Å². The summed E-state index contributed by atoms with van der Waals surface area (Å²) in [7, 11) is 0. The number of imide groups is 1. The van der Waals surface area contributed by atoms with E-state index in [0.29, 0.717) is 6.42 Å². The van der Waals surface area contributed by atoms with Crippen LogP contribution in [0.25, 0.3) is 0 Å². The van der Waals surface area contributed by atoms with Crippen LogP contribution in [-0.4, -0.2) is 35.8 Å². The van der Waals surface area contributed by atoms with E-state index in [2.05, 4.69) is 0 Å². The number of ether oxygens (including phenoxy) is 1. The summed E-state index contributed by atoms with van der Waals surface area (Å²) >= 11 is 0. The van der Waals surface area contributed by atoms with Crippen molar-refractivity contribution in [1.82, 2.24) is 4.90 Å². The summed E-state index contributed by atoms with van der Waals surface area (Å²) in [4.78, 5) is 35.3. The quantitative estimate of drug-likeness (QED) is 0.534. The minimum absolute atomic E-state index is 0.0831. The average Bonchev–Trinajstić information content (AvgIpc) is 2.60. The minimum atomic E-state index is -0.515. The van der Waals surface area contributed by atoms with Gasteiger partial charge in [0, 0.05) is 12.8 Å². The van der Waals surface area contributed by atoms with Gasteiger partial charge < -0.3 is 4.74 Å². The molecular weight excluding hydrogens is 222 g/mol. The van der Waals surface area contributed by atoms with Crippen LogP contribution < -0.4 is 0 Å². The summed E-state index contributed by atoms with van der Waals surface area (Å²) in [5.41, 5.74) is -0.515. The molecule has 1 fully saturated rings. The molecule has 0 aromatic carbocycles. The van der Waals surface area contributed by atoms with Gasteiger partial charge in [0.1, 0.15) is 6.61 Å². The lowest BCUT2D eigenvalue weighted by molar-refractivity contribution is -0.156. The van der Waals surface area contributed by atoms with E-state index < -0.39 is 5.41 Å². The third-order valence-electron chi connectivity index (χ3n) is 3.14. The van der Waals surface area contributed by atoms with Crippen molar-refractivity contribution in [3.8, 4) is 0 Å². The fourth-order valence-electron chi connectivity index (χ4n) is 1.44. The van der Waals surface area contributed by atoms with E-state index in [0.717, 1.165) is 4.90 Å². The first-order valence-electron chi connectivity index (χ1n) is 5.89. The highest BCUT2D eigenvalue weighted by molar-refractivity contribution is 6.01. The molecule has 0 saturated carbocycles. The second kappa shape index (κ2) is 5.29. The van der Waals surface area contributed by atoms with Gasteiger partial charge in [-0.05, 0) is 20.3 Å². The lowest BCUT2D eigenvalue weighted by Crippen LogP contribution is -2.34. The van der Waals surface area contributed by atoms with Crippen molar-refractivity contribution < 1.29 is 19.1 Å². The molecule has 0 radical (unpaired) electrons. The van der Waals surface area contributed by atoms with Crippen molar-refractivity contribution >= 4 is 17.8 Å². The van der Waals surface area contributed by atoms with E-state index in [-0.39, 0.29) is 43.8 Å². The van der Waals surface area contributed by atoms with E-state index in [1.165, 1.54) is 0 Å². The van der Waals surface area contributed by atoms with Crippen LogP contribution in [0, 0.1) is 5.41 Å². The molecule has 0 N–H and O–H groups in total. The third-order valence-corrected chi connectivity index (χ3v) is 3.14. The van der Waals surface area contributed by atoms with Crippen molar-refractivity contribution in [2.75, 3.05) is 13.2 Å². The van der Waals surface area contributed by atoms with Gasteiger partial charge in [0.15, 0.2) is 0 Å². The molecule has 0 aromatic rings. The maximum absolute atomic E-state index is 11.6. The first-order valence-corrected chi connectivity index (χ1v) is 5.89. The molecule has 96 valence electrons. The number of nitrogens with zero attached hydrogens (tertiary/aromatic N) is 1. The van der Waals surface area contributed by atoms with Gasteiger partial charge in [-0.25, -0.2) is 0 Å². The fraction of sp³-hybridized carbons (Fsp3) is 0.750. The van der Waals surface area contributed by atoms with Crippen LogP contribution in [0.3, 0.4) is 0 Å². The number of rotatable bonds is 5. The molecule has 0 atom stereocenters. The molecule has 2 amide bonds. The predicted molar refractivity (Wildman–Crippen MR) is 61.0 cm³/mol. The number of likely N-dealkylation sites (tertiary alicyclic amines) is 1. The Bertz CT molecular complexity index is 319. The molecule has 17 heavy (non-hydrogen) atoms. The number of hydrogen-bond donors (Lipinski definition) is 0. The summed E-state index contributed by atoms with van der Waals surface area (Å²) in [6.07, 6.45) is 1.23. The zero-order chi connectivity index (χ0) is 13.1. The van der Waals surface area contributed by atoms with Crippen molar-refractivity contribution in [1.29, 1.82) is 0 Å². The highest BCUT2D eigenvalue weighted by atomic mass is 16.5. The van der Waals surface area contributed by atoms with E-state index in [1.54, 1.807) is 0 Å². The van der Waals surface area contributed by atoms with Gasteiger partial charge in [-0.15, -0.1) is 0 Å². The van der Waals surface area contributed by atoms with Crippen molar-refractivity contribution in [2.24, 2.45) is 5.41 Å². The monoisotopic (exact) mass is 241 g/mol. The first-order chi connectivity index (χ1) is 7.88. The van der Waals surface area contributed by atoms with E-state index in [1.807, 2.05) is 20.8 Å². The second-order valence-corrected chi connectivity index (χ2v) is 4.81. The molecule has 0 bridgehead atoms. The molecule has 5 nitrogen and oxygen atoms in total. The topological polar surface area (TPSA) is 63.7 Å². The van der Waals surface area contributed by atoms with Crippen LogP contribution in [-0.2, 0) is 19.1 Å². The van der Waals surface area contributed by atoms with E-state index in [9.17, 15) is 14.4 Å². The number of carbonyl (C=O) groups excluding carboxylic acids is 3. The van der Waals surface area contributed by atoms with Crippen LogP contribution in [0.1, 0.15) is 40.0 Å². The van der Waals surface area contributed by atoms with Crippen LogP contribution in [0.4, 0.5) is 0 Å². The molecule has 0 aromatic heterocycles. The Morgan fingerprint density at radius 2 is 1.82 bits per heavy atom. The molecular formula is C12H19NO4. The zero-order valence-corrected chi connectivity index (χ0v) is 10.6. The SMILES string of the molecule is CCC(C)(C)C(=O)OCCN1C(=O)CCC1=O. The normalized spacial score (nSPS) is 16.5. The second-order valence-electron chi connectivity index (χ2n) is 4.81. The molecule has 1 aliphatic heterocycles. The van der Waals surface area contributed by atoms with Gasteiger partial charge in [-0.2, -0.15) is 0 Å². The average molecular weight is 241 g/mol. The van der Waals surface area contributed by atoms with Crippen molar-refractivity contribution in [3.63, 3.8) is 0 Å². The molecule has 5 heteroatoms. The Morgan fingerprint density at radius 1 is 1.29 bits per heavy atom. The summed E-state index contributed by atoms with van der Waals surface area (Å²) in [5.74, 6) is -0.652. The first kappa shape index (κ1) is 13.7. The number of carbonyl (C=O) groups is 3. The number of hydrogen-bond acceptors (Lipinski definition) is 4. The molecule has 0 aliphatic carbocycles. The zero-order valence-electron chi connectivity index (χ0n) is 10.6. The van der Waals surface area contributed by atoms with Crippen LogP contribution in [0.2, 0.25) is 0 Å². The molecule has 0 unspecified atom stereocenters. The molecule has 1 heterocycles. The summed E-state index contributed by atoms with van der Waals surface area (Å²) in [5, 5.41) is 0. The summed E-state index contributed by atoms with van der Waals surface area (Å²) in [6, 6.07) is 0. The maximum Gasteiger partial charge on any atom is 0.311 e. The Balaban J connectivity index is 2.36. The highest BCUT2D eigenvalue weighted by Crippen LogP contribution is 2.21. The van der Waals surface area contributed by atoms with Gasteiger partial charge in [0.05, 0.1) is 12.0 Å². The smallest absolute Gasteiger partial charge is 0.311 e. The fourth-order valence-corrected chi connectivity index (χ4v) is 1.44. The van der Waals surface area contributed by atoms with Crippen LogP contribution in [0.5, 0.6) is 0 Å². The van der Waals surface area contributed by atoms with Crippen LogP contribution in [0.15, 0.2) is 0 Å². The molecule has 1 saturated heterocycles. The third kappa shape index (κ3) is 3.28. The van der Waals surface area contributed by atoms with Crippen LogP contribution >= 0.6 is 0 Å². The Kier molecular flexibility index (Phi) is 4.26.